The second-order valence-corrected chi connectivity index (χ2v) is 19.3. The highest BCUT2D eigenvalue weighted by Crippen LogP contribution is 2.22. The number of carbonyl (C=O) groups is 1. The van der Waals surface area contributed by atoms with E-state index in [1.807, 2.05) is 6.08 Å². The van der Waals surface area contributed by atoms with E-state index < -0.39 is 49.5 Å². The lowest BCUT2D eigenvalue weighted by Gasteiger charge is -2.40. The van der Waals surface area contributed by atoms with E-state index in [0.29, 0.717) is 6.42 Å². The predicted octanol–water partition coefficient (Wildman–Crippen LogP) is 14.5. The van der Waals surface area contributed by atoms with Crippen LogP contribution >= 0.6 is 0 Å². The molecule has 1 fully saturated rings. The number of hydrogen-bond acceptors (Lipinski definition) is 8. The summed E-state index contributed by atoms with van der Waals surface area (Å²) < 4.78 is 11.2. The molecule has 0 radical (unpaired) electrons. The van der Waals surface area contributed by atoms with Gasteiger partial charge in [-0.15, -0.1) is 0 Å². The molecule has 9 nitrogen and oxygen atoms in total. The molecule has 7 atom stereocenters. The van der Waals surface area contributed by atoms with Crippen LogP contribution in [0.15, 0.2) is 134 Å². The number of hydrogen-bond donors (Lipinski definition) is 6. The molecule has 0 aliphatic carbocycles. The summed E-state index contributed by atoms with van der Waals surface area (Å²) in [6, 6.07) is -0.851. The molecule has 1 heterocycles. The zero-order valence-corrected chi connectivity index (χ0v) is 45.8. The maximum atomic E-state index is 13.0. The van der Waals surface area contributed by atoms with Crippen LogP contribution in [0.2, 0.25) is 0 Å². The Hall–Kier alpha value is -3.67. The van der Waals surface area contributed by atoms with E-state index in [0.717, 1.165) is 96.3 Å². The van der Waals surface area contributed by atoms with Crippen molar-refractivity contribution < 1.29 is 39.8 Å². The fraction of sp³-hybridized carbons (Fsp3) is 0.641. The van der Waals surface area contributed by atoms with Crippen LogP contribution < -0.4 is 5.32 Å². The second-order valence-electron chi connectivity index (χ2n) is 19.3. The van der Waals surface area contributed by atoms with Gasteiger partial charge < -0.3 is 40.3 Å². The first-order chi connectivity index (χ1) is 35.8. The lowest BCUT2D eigenvalue weighted by atomic mass is 9.99. The average molecular weight is 1020 g/mol. The largest absolute Gasteiger partial charge is 0.394 e. The van der Waals surface area contributed by atoms with Crippen LogP contribution in [0.5, 0.6) is 0 Å². The standard InChI is InChI=1S/C64H105NO8/c1-3-5-7-9-11-13-15-17-19-21-23-24-25-26-27-28-29-30-31-32-33-34-36-38-40-42-44-46-48-50-52-54-60(68)65-57(56-72-64-63(71)62(70)61(69)59(55-66)73-64)58(67)53-51-49-47-45-43-41-39-37-35-22-20-18-16-14-12-10-8-6-4-2/h5,7,11,13,17,19,23-24,26-27,29-30,32-33,36,38,42-45,51,53,57-59,61-64,66-67,69-71H,3-4,6,8-10,12,14-16,18,20-22,25,28,31,34-35,37,39-41,46-50,52,54-56H2,1-2H3,(H,65,68)/b7-5-,13-11-,19-17-,24-23-,27-26-,30-29-,33-32-,38-36-,44-42-,45-43+,53-51+. The zero-order valence-electron chi connectivity index (χ0n) is 45.8. The lowest BCUT2D eigenvalue weighted by molar-refractivity contribution is -0.302. The molecule has 0 aromatic heterocycles. The van der Waals surface area contributed by atoms with E-state index in [4.69, 9.17) is 9.47 Å². The average Bonchev–Trinajstić information content (AvgIpc) is 3.39. The van der Waals surface area contributed by atoms with Crippen LogP contribution in [0, 0.1) is 0 Å². The molecule has 1 amide bonds. The molecule has 0 aromatic rings. The fourth-order valence-corrected chi connectivity index (χ4v) is 8.16. The monoisotopic (exact) mass is 1020 g/mol. The third kappa shape index (κ3) is 41.3. The molecular weight excluding hydrogens is 911 g/mol. The molecule has 0 saturated carbocycles. The van der Waals surface area contributed by atoms with Crippen molar-refractivity contribution in [2.75, 3.05) is 13.2 Å². The highest BCUT2D eigenvalue weighted by molar-refractivity contribution is 5.76. The van der Waals surface area contributed by atoms with Crippen molar-refractivity contribution in [3.05, 3.63) is 134 Å². The number of unbranched alkanes of at least 4 members (excludes halogenated alkanes) is 17. The van der Waals surface area contributed by atoms with Crippen LogP contribution in [-0.4, -0.2) is 87.5 Å². The zero-order chi connectivity index (χ0) is 52.9. The van der Waals surface area contributed by atoms with Crippen molar-refractivity contribution >= 4 is 5.91 Å². The molecule has 0 spiro atoms. The van der Waals surface area contributed by atoms with E-state index in [1.54, 1.807) is 6.08 Å². The van der Waals surface area contributed by atoms with Crippen LogP contribution in [0.25, 0.3) is 0 Å². The van der Waals surface area contributed by atoms with E-state index in [9.17, 15) is 30.3 Å². The molecule has 73 heavy (non-hydrogen) atoms. The Balaban J connectivity index is 2.30. The van der Waals surface area contributed by atoms with Gasteiger partial charge in [-0.2, -0.15) is 0 Å². The van der Waals surface area contributed by atoms with Crippen molar-refractivity contribution in [2.45, 2.75) is 249 Å². The maximum absolute atomic E-state index is 13.0. The van der Waals surface area contributed by atoms with Crippen molar-refractivity contribution in [2.24, 2.45) is 0 Å². The van der Waals surface area contributed by atoms with Crippen LogP contribution in [0.4, 0.5) is 0 Å². The summed E-state index contributed by atoms with van der Waals surface area (Å²) in [6.07, 6.45) is 72.2. The van der Waals surface area contributed by atoms with Crippen molar-refractivity contribution in [3.8, 4) is 0 Å². The summed E-state index contributed by atoms with van der Waals surface area (Å²) in [6.45, 7) is 3.62. The Morgan fingerprint density at radius 3 is 1.32 bits per heavy atom. The fourth-order valence-electron chi connectivity index (χ4n) is 8.16. The number of rotatable bonds is 47. The summed E-state index contributed by atoms with van der Waals surface area (Å²) in [5, 5.41) is 54.4. The molecule has 6 N–H and O–H groups in total. The third-order valence-electron chi connectivity index (χ3n) is 12.7. The predicted molar refractivity (Wildman–Crippen MR) is 308 cm³/mol. The first-order valence-corrected chi connectivity index (χ1v) is 28.9. The van der Waals surface area contributed by atoms with E-state index in [2.05, 4.69) is 141 Å². The van der Waals surface area contributed by atoms with Crippen molar-refractivity contribution in [1.29, 1.82) is 0 Å². The molecule has 0 bridgehead atoms. The second kappa shape index (κ2) is 51.8. The van der Waals surface area contributed by atoms with E-state index in [-0.39, 0.29) is 18.9 Å². The van der Waals surface area contributed by atoms with Crippen LogP contribution in [0.3, 0.4) is 0 Å². The van der Waals surface area contributed by atoms with Crippen LogP contribution in [0.1, 0.15) is 206 Å². The number of ether oxygens (including phenoxy) is 2. The number of aliphatic hydroxyl groups excluding tert-OH is 5. The van der Waals surface area contributed by atoms with Gasteiger partial charge in [0.15, 0.2) is 6.29 Å². The minimum absolute atomic E-state index is 0.223. The van der Waals surface area contributed by atoms with Gasteiger partial charge in [0.2, 0.25) is 5.91 Å². The highest BCUT2D eigenvalue weighted by atomic mass is 16.7. The number of carbonyl (C=O) groups excluding carboxylic acids is 1. The van der Waals surface area contributed by atoms with Gasteiger partial charge in [0.05, 0.1) is 25.4 Å². The van der Waals surface area contributed by atoms with Crippen molar-refractivity contribution in [3.63, 3.8) is 0 Å². The molecule has 1 aliphatic rings. The van der Waals surface area contributed by atoms with Gasteiger partial charge in [-0.05, 0) is 103 Å². The lowest BCUT2D eigenvalue weighted by Crippen LogP contribution is -2.60. The van der Waals surface area contributed by atoms with Crippen molar-refractivity contribution in [1.82, 2.24) is 5.32 Å². The van der Waals surface area contributed by atoms with E-state index >= 15 is 0 Å². The summed E-state index contributed by atoms with van der Waals surface area (Å²) in [5.41, 5.74) is 0. The Morgan fingerprint density at radius 2 is 0.863 bits per heavy atom. The van der Waals surface area contributed by atoms with Gasteiger partial charge in [0, 0.05) is 6.42 Å². The quantitative estimate of drug-likeness (QED) is 0.0261. The molecule has 9 heteroatoms. The summed E-state index contributed by atoms with van der Waals surface area (Å²) >= 11 is 0. The first-order valence-electron chi connectivity index (χ1n) is 28.9. The molecular formula is C64H105NO8. The number of amides is 1. The Labute approximate surface area is 445 Å². The topological polar surface area (TPSA) is 149 Å². The Morgan fingerprint density at radius 1 is 0.479 bits per heavy atom. The van der Waals surface area contributed by atoms with Gasteiger partial charge in [0.25, 0.3) is 0 Å². The van der Waals surface area contributed by atoms with Gasteiger partial charge in [-0.25, -0.2) is 0 Å². The molecule has 1 rings (SSSR count). The summed E-state index contributed by atoms with van der Waals surface area (Å²) in [4.78, 5) is 13.0. The van der Waals surface area contributed by atoms with Gasteiger partial charge in [-0.1, -0.05) is 231 Å². The maximum Gasteiger partial charge on any atom is 0.220 e. The molecule has 7 unspecified atom stereocenters. The minimum Gasteiger partial charge on any atom is -0.394 e. The smallest absolute Gasteiger partial charge is 0.220 e. The summed E-state index contributed by atoms with van der Waals surface area (Å²) in [7, 11) is 0. The first kappa shape index (κ1) is 67.3. The van der Waals surface area contributed by atoms with Gasteiger partial charge in [0.1, 0.15) is 24.4 Å². The SMILES string of the molecule is CC/C=C\C/C=C\C/C=C\C/C=C\C/C=C\C/C=C\C/C=C\C/C=C\C/C=C\CCCCCC(=O)NC(COC1OC(CO)C(O)C(O)C1O)C(O)/C=C/CC/C=C/CCCCCCCCCCCCCCC. The van der Waals surface area contributed by atoms with Crippen LogP contribution in [-0.2, 0) is 14.3 Å². The normalized spacial score (nSPS) is 20.1. The number of allylic oxidation sites excluding steroid dienone is 21. The van der Waals surface area contributed by atoms with Gasteiger partial charge in [-0.3, -0.25) is 4.79 Å². The molecule has 1 saturated heterocycles. The highest BCUT2D eigenvalue weighted by Gasteiger charge is 2.44. The Bertz CT molecular complexity index is 1600. The summed E-state index contributed by atoms with van der Waals surface area (Å²) in [5.74, 6) is -0.224. The van der Waals surface area contributed by atoms with E-state index in [1.165, 1.54) is 83.5 Å². The Kier molecular flexibility index (Phi) is 47.8. The minimum atomic E-state index is -1.59. The third-order valence-corrected chi connectivity index (χ3v) is 12.7. The number of aliphatic hydroxyl groups is 5. The molecule has 1 aliphatic heterocycles. The van der Waals surface area contributed by atoms with Gasteiger partial charge >= 0.3 is 0 Å². The molecule has 0 aromatic carbocycles. The number of nitrogens with one attached hydrogen (secondary N) is 1. The molecule has 414 valence electrons.